The number of nitrogens with zero attached hydrogens (tertiary/aromatic N) is 1. The molecule has 3 aromatic rings. The molecule has 0 aliphatic carbocycles. The first-order chi connectivity index (χ1) is 13.2. The Bertz CT molecular complexity index is 877. The van der Waals surface area contributed by atoms with E-state index in [0.717, 1.165) is 6.42 Å². The minimum atomic E-state index is -0.357. The Kier molecular flexibility index (Phi) is 6.36. The lowest BCUT2D eigenvalue weighted by atomic mass is 9.96. The van der Waals surface area contributed by atoms with Crippen molar-refractivity contribution in [2.75, 3.05) is 6.54 Å². The first-order valence-corrected chi connectivity index (χ1v) is 9.18. The maximum absolute atomic E-state index is 13.8. The van der Waals surface area contributed by atoms with E-state index in [2.05, 4.69) is 29.4 Å². The molecule has 1 amide bonds. The van der Waals surface area contributed by atoms with E-state index in [1.54, 1.807) is 18.2 Å². The van der Waals surface area contributed by atoms with Crippen LogP contribution in [-0.2, 0) is 11.2 Å². The highest BCUT2D eigenvalue weighted by Gasteiger charge is 2.13. The number of nitrogens with one attached hydrogen (secondary N) is 1. The van der Waals surface area contributed by atoms with E-state index in [1.165, 1.54) is 17.8 Å². The van der Waals surface area contributed by atoms with Gasteiger partial charge in [0.15, 0.2) is 11.7 Å². The van der Waals surface area contributed by atoms with Crippen molar-refractivity contribution in [1.82, 2.24) is 10.3 Å². The molecule has 3 rings (SSSR count). The second kappa shape index (κ2) is 9.12. The molecule has 0 radical (unpaired) electrons. The molecule has 0 saturated heterocycles. The van der Waals surface area contributed by atoms with Gasteiger partial charge in [-0.15, -0.1) is 0 Å². The van der Waals surface area contributed by atoms with Gasteiger partial charge in [0.05, 0.1) is 11.8 Å². The average molecular weight is 366 g/mol. The second-order valence-corrected chi connectivity index (χ2v) is 6.42. The number of amides is 1. The van der Waals surface area contributed by atoms with Crippen molar-refractivity contribution < 1.29 is 13.6 Å². The normalized spacial score (nSPS) is 11.9. The summed E-state index contributed by atoms with van der Waals surface area (Å²) in [5, 5.41) is 2.98. The number of hydrogen-bond donors (Lipinski definition) is 1. The highest BCUT2D eigenvalue weighted by Crippen LogP contribution is 2.23. The third kappa shape index (κ3) is 5.03. The zero-order chi connectivity index (χ0) is 19.1. The van der Waals surface area contributed by atoms with Crippen LogP contribution in [0.2, 0.25) is 0 Å². The molecule has 0 aliphatic heterocycles. The Balaban J connectivity index is 1.50. The number of carbonyl (C=O) groups is 1. The number of oxazole rings is 1. The predicted octanol–water partition coefficient (Wildman–Crippen LogP) is 4.72. The fourth-order valence-electron chi connectivity index (χ4n) is 2.98. The van der Waals surface area contributed by atoms with Crippen LogP contribution < -0.4 is 5.32 Å². The number of benzene rings is 2. The van der Waals surface area contributed by atoms with Gasteiger partial charge in [-0.05, 0) is 24.1 Å². The lowest BCUT2D eigenvalue weighted by Crippen LogP contribution is -2.28. The van der Waals surface area contributed by atoms with E-state index in [0.29, 0.717) is 36.1 Å². The Labute approximate surface area is 158 Å². The molecular weight excluding hydrogens is 343 g/mol. The van der Waals surface area contributed by atoms with Crippen molar-refractivity contribution in [2.45, 2.75) is 32.1 Å². The summed E-state index contributed by atoms with van der Waals surface area (Å²) in [4.78, 5) is 16.3. The molecule has 1 N–H and O–H groups in total. The fourth-order valence-corrected chi connectivity index (χ4v) is 2.98. The molecule has 0 aliphatic rings. The third-order valence-electron chi connectivity index (χ3n) is 4.57. The van der Waals surface area contributed by atoms with Crippen LogP contribution in [0.4, 0.5) is 4.39 Å². The van der Waals surface area contributed by atoms with Crippen molar-refractivity contribution in [2.24, 2.45) is 0 Å². The summed E-state index contributed by atoms with van der Waals surface area (Å²) < 4.78 is 19.4. The van der Waals surface area contributed by atoms with Gasteiger partial charge in [0.25, 0.3) is 0 Å². The first kappa shape index (κ1) is 18.8. The van der Waals surface area contributed by atoms with Crippen LogP contribution in [0.1, 0.15) is 37.1 Å². The van der Waals surface area contributed by atoms with Crippen LogP contribution in [0.25, 0.3) is 11.3 Å². The number of halogens is 1. The largest absolute Gasteiger partial charge is 0.441 e. The molecule has 0 fully saturated rings. The van der Waals surface area contributed by atoms with Crippen LogP contribution in [0.3, 0.4) is 0 Å². The minimum Gasteiger partial charge on any atom is -0.441 e. The van der Waals surface area contributed by atoms with Crippen LogP contribution in [-0.4, -0.2) is 17.4 Å². The summed E-state index contributed by atoms with van der Waals surface area (Å²) in [7, 11) is 0. The zero-order valence-corrected chi connectivity index (χ0v) is 15.3. The number of rotatable bonds is 8. The number of carbonyl (C=O) groups excluding carboxylic acids is 1. The summed E-state index contributed by atoms with van der Waals surface area (Å²) in [5.41, 5.74) is 1.59. The van der Waals surface area contributed by atoms with E-state index in [1.807, 2.05) is 18.2 Å². The number of aromatic nitrogens is 1. The number of hydrogen-bond acceptors (Lipinski definition) is 3. The molecule has 27 heavy (non-hydrogen) atoms. The van der Waals surface area contributed by atoms with Gasteiger partial charge in [-0.25, -0.2) is 9.37 Å². The Morgan fingerprint density at radius 3 is 2.63 bits per heavy atom. The Morgan fingerprint density at radius 2 is 1.89 bits per heavy atom. The molecule has 140 valence electrons. The maximum atomic E-state index is 13.8. The molecule has 0 saturated carbocycles. The zero-order valence-electron chi connectivity index (χ0n) is 15.3. The minimum absolute atomic E-state index is 0.0463. The average Bonchev–Trinajstić information content (AvgIpc) is 3.17. The van der Waals surface area contributed by atoms with Gasteiger partial charge in [-0.1, -0.05) is 49.4 Å². The van der Waals surface area contributed by atoms with Crippen LogP contribution >= 0.6 is 0 Å². The van der Waals surface area contributed by atoms with E-state index >= 15 is 0 Å². The van der Waals surface area contributed by atoms with Crippen molar-refractivity contribution in [3.63, 3.8) is 0 Å². The molecule has 0 bridgehead atoms. The van der Waals surface area contributed by atoms with Gasteiger partial charge in [0.2, 0.25) is 5.91 Å². The van der Waals surface area contributed by atoms with Gasteiger partial charge in [0.1, 0.15) is 5.82 Å². The maximum Gasteiger partial charge on any atom is 0.220 e. The smallest absolute Gasteiger partial charge is 0.220 e. The van der Waals surface area contributed by atoms with Crippen LogP contribution in [0, 0.1) is 5.82 Å². The van der Waals surface area contributed by atoms with Gasteiger partial charge in [-0.3, -0.25) is 4.79 Å². The lowest BCUT2D eigenvalue weighted by molar-refractivity contribution is -0.121. The molecule has 1 atom stereocenters. The molecule has 1 unspecified atom stereocenters. The first-order valence-electron chi connectivity index (χ1n) is 9.18. The van der Waals surface area contributed by atoms with Gasteiger partial charge < -0.3 is 9.73 Å². The van der Waals surface area contributed by atoms with Gasteiger partial charge >= 0.3 is 0 Å². The lowest BCUT2D eigenvalue weighted by Gasteiger charge is -2.16. The van der Waals surface area contributed by atoms with Gasteiger partial charge in [0, 0.05) is 25.3 Å². The third-order valence-corrected chi connectivity index (χ3v) is 4.57. The second-order valence-electron chi connectivity index (χ2n) is 6.42. The van der Waals surface area contributed by atoms with Crippen molar-refractivity contribution in [3.8, 4) is 11.3 Å². The molecule has 2 aromatic carbocycles. The van der Waals surface area contributed by atoms with Crippen LogP contribution in [0.15, 0.2) is 65.2 Å². The van der Waals surface area contributed by atoms with E-state index in [-0.39, 0.29) is 18.1 Å². The van der Waals surface area contributed by atoms with E-state index in [4.69, 9.17) is 4.42 Å². The van der Waals surface area contributed by atoms with Crippen molar-refractivity contribution in [1.29, 1.82) is 0 Å². The van der Waals surface area contributed by atoms with E-state index in [9.17, 15) is 9.18 Å². The summed E-state index contributed by atoms with van der Waals surface area (Å²) in [6, 6.07) is 16.5. The SMILES string of the molecule is CCC(CNC(=O)CCc1ncc(-c2ccccc2F)o1)c1ccccc1. The highest BCUT2D eigenvalue weighted by atomic mass is 19.1. The number of aryl methyl sites for hydroxylation is 1. The summed E-state index contributed by atoms with van der Waals surface area (Å²) in [5.74, 6) is 0.696. The Morgan fingerprint density at radius 1 is 1.15 bits per heavy atom. The predicted molar refractivity (Wildman–Crippen MR) is 103 cm³/mol. The fraction of sp³-hybridized carbons (Fsp3) is 0.273. The molecular formula is C22H23FN2O2. The molecule has 4 nitrogen and oxygen atoms in total. The quantitative estimate of drug-likeness (QED) is 0.627. The monoisotopic (exact) mass is 366 g/mol. The van der Waals surface area contributed by atoms with Crippen LogP contribution in [0.5, 0.6) is 0 Å². The van der Waals surface area contributed by atoms with Gasteiger partial charge in [-0.2, -0.15) is 0 Å². The van der Waals surface area contributed by atoms with Crippen molar-refractivity contribution >= 4 is 5.91 Å². The molecule has 1 heterocycles. The summed E-state index contributed by atoms with van der Waals surface area (Å²) in [6.07, 6.45) is 3.11. The molecule has 0 spiro atoms. The molecule has 5 heteroatoms. The van der Waals surface area contributed by atoms with E-state index < -0.39 is 0 Å². The van der Waals surface area contributed by atoms with Crippen molar-refractivity contribution in [3.05, 3.63) is 78.1 Å². The molecule has 1 aromatic heterocycles. The topological polar surface area (TPSA) is 55.1 Å². The Hall–Kier alpha value is -2.95. The summed E-state index contributed by atoms with van der Waals surface area (Å²) in [6.45, 7) is 2.71. The highest BCUT2D eigenvalue weighted by molar-refractivity contribution is 5.76. The standard InChI is InChI=1S/C22H23FN2O2/c1-2-16(17-8-4-3-5-9-17)14-24-21(26)12-13-22-25-15-20(27-22)18-10-6-7-11-19(18)23/h3-11,15-16H,2,12-14H2,1H3,(H,24,26). The summed E-state index contributed by atoms with van der Waals surface area (Å²) >= 11 is 0.